The molecule has 14 heavy (non-hydrogen) atoms. The van der Waals surface area contributed by atoms with Crippen LogP contribution in [0.15, 0.2) is 0 Å². The number of aliphatic hydroxyl groups is 3. The lowest BCUT2D eigenvalue weighted by Gasteiger charge is -2.14. The molecule has 1 aliphatic heterocycles. The molecule has 4 atom stereocenters. The Morgan fingerprint density at radius 2 is 1.79 bits per heavy atom. The van der Waals surface area contributed by atoms with Gasteiger partial charge in [-0.1, -0.05) is 0 Å². The Hall–Kier alpha value is -0.0500. The van der Waals surface area contributed by atoms with Crippen molar-refractivity contribution < 1.29 is 38.9 Å². The zero-order chi connectivity index (χ0) is 10.9. The van der Waals surface area contributed by atoms with Crippen LogP contribution in [-0.2, 0) is 13.8 Å². The minimum Gasteiger partial charge on any atom is -0.387 e. The van der Waals surface area contributed by atoms with E-state index < -0.39 is 39.0 Å². The Balaban J connectivity index is 2.44. The molecule has 1 heterocycles. The first kappa shape index (κ1) is 12.0. The van der Waals surface area contributed by atoms with Crippen LogP contribution in [-0.4, -0.2) is 56.3 Å². The van der Waals surface area contributed by atoms with Crippen molar-refractivity contribution in [2.24, 2.45) is 0 Å². The average molecular weight is 230 g/mol. The van der Waals surface area contributed by atoms with Crippen molar-refractivity contribution in [3.8, 4) is 0 Å². The quantitative estimate of drug-likeness (QED) is 0.336. The summed E-state index contributed by atoms with van der Waals surface area (Å²) in [7, 11) is -4.64. The molecule has 1 aliphatic rings. The molecule has 84 valence electrons. The molecule has 0 spiro atoms. The van der Waals surface area contributed by atoms with Crippen molar-refractivity contribution in [1.29, 1.82) is 0 Å². The number of phosphoric acid groups is 1. The number of ether oxygens (including phenoxy) is 1. The van der Waals surface area contributed by atoms with Crippen molar-refractivity contribution in [3.63, 3.8) is 0 Å². The summed E-state index contributed by atoms with van der Waals surface area (Å²) in [5.41, 5.74) is 0. The molecule has 0 aromatic heterocycles. The van der Waals surface area contributed by atoms with Crippen LogP contribution in [0, 0.1) is 0 Å². The standard InChI is InChI=1S/C5H11O8P/c6-3-2(1-12-14(9,10)11)13-5(8)4(3)7/h2-8H,1H2,(H2,9,10,11)/t2-,3?,4?,5-/m1/s1. The van der Waals surface area contributed by atoms with Crippen LogP contribution in [0.5, 0.6) is 0 Å². The topological polar surface area (TPSA) is 137 Å². The van der Waals surface area contributed by atoms with Gasteiger partial charge in [-0.15, -0.1) is 0 Å². The average Bonchev–Trinajstić information content (AvgIpc) is 2.28. The van der Waals surface area contributed by atoms with Crippen molar-refractivity contribution in [2.45, 2.75) is 24.6 Å². The van der Waals surface area contributed by atoms with E-state index in [1.807, 2.05) is 0 Å². The second-order valence-electron chi connectivity index (χ2n) is 2.83. The van der Waals surface area contributed by atoms with Crippen LogP contribution in [0.25, 0.3) is 0 Å². The van der Waals surface area contributed by atoms with E-state index in [0.717, 1.165) is 0 Å². The van der Waals surface area contributed by atoms with Crippen LogP contribution >= 0.6 is 7.82 Å². The van der Waals surface area contributed by atoms with E-state index >= 15 is 0 Å². The summed E-state index contributed by atoms with van der Waals surface area (Å²) < 4.78 is 18.9. The fraction of sp³-hybridized carbons (Fsp3) is 1.00. The van der Waals surface area contributed by atoms with E-state index in [-0.39, 0.29) is 0 Å². The molecule has 1 saturated heterocycles. The van der Waals surface area contributed by atoms with E-state index in [2.05, 4.69) is 9.26 Å². The Labute approximate surface area is 78.9 Å². The zero-order valence-corrected chi connectivity index (χ0v) is 7.82. The summed E-state index contributed by atoms with van der Waals surface area (Å²) in [6, 6.07) is 0. The van der Waals surface area contributed by atoms with Gasteiger partial charge in [-0.3, -0.25) is 4.52 Å². The van der Waals surface area contributed by atoms with E-state index in [1.54, 1.807) is 0 Å². The first-order chi connectivity index (χ1) is 6.31. The van der Waals surface area contributed by atoms with Crippen LogP contribution in [0.3, 0.4) is 0 Å². The molecule has 2 unspecified atom stereocenters. The minimum absolute atomic E-state index is 0.612. The van der Waals surface area contributed by atoms with Crippen LogP contribution in [0.2, 0.25) is 0 Å². The number of aliphatic hydroxyl groups excluding tert-OH is 3. The van der Waals surface area contributed by atoms with Gasteiger partial charge in [0, 0.05) is 0 Å². The highest BCUT2D eigenvalue weighted by Crippen LogP contribution is 2.36. The number of hydrogen-bond acceptors (Lipinski definition) is 6. The third kappa shape index (κ3) is 2.97. The van der Waals surface area contributed by atoms with E-state index in [4.69, 9.17) is 25.1 Å². The highest BCUT2D eigenvalue weighted by molar-refractivity contribution is 7.46. The molecule has 0 aromatic carbocycles. The smallest absolute Gasteiger partial charge is 0.387 e. The summed E-state index contributed by atoms with van der Waals surface area (Å²) in [6.07, 6.45) is -5.67. The second kappa shape index (κ2) is 4.21. The zero-order valence-electron chi connectivity index (χ0n) is 6.92. The maximum Gasteiger partial charge on any atom is 0.469 e. The van der Waals surface area contributed by atoms with Crippen molar-refractivity contribution in [3.05, 3.63) is 0 Å². The molecule has 0 aliphatic carbocycles. The molecule has 0 bridgehead atoms. The maximum absolute atomic E-state index is 10.3. The number of phosphoric ester groups is 1. The highest BCUT2D eigenvalue weighted by Gasteiger charge is 2.42. The third-order valence-corrected chi connectivity index (χ3v) is 2.23. The van der Waals surface area contributed by atoms with Gasteiger partial charge in [0.05, 0.1) is 6.61 Å². The molecule has 0 radical (unpaired) electrons. The SMILES string of the molecule is O=P(O)(O)OC[C@H]1O[C@@H](O)C(O)C1O. The predicted octanol–water partition coefficient (Wildman–Crippen LogP) is -2.47. The molecule has 0 aromatic rings. The lowest BCUT2D eigenvalue weighted by atomic mass is 10.1. The lowest BCUT2D eigenvalue weighted by molar-refractivity contribution is -0.132. The first-order valence-electron chi connectivity index (χ1n) is 3.71. The molecule has 0 amide bonds. The van der Waals surface area contributed by atoms with Crippen molar-refractivity contribution in [2.75, 3.05) is 6.61 Å². The summed E-state index contributed by atoms with van der Waals surface area (Å²) in [5.74, 6) is 0. The van der Waals surface area contributed by atoms with Crippen molar-refractivity contribution >= 4 is 7.82 Å². The molecule has 8 nitrogen and oxygen atoms in total. The Kier molecular flexibility index (Phi) is 3.62. The van der Waals surface area contributed by atoms with E-state index in [1.165, 1.54) is 0 Å². The third-order valence-electron chi connectivity index (χ3n) is 1.74. The Morgan fingerprint density at radius 1 is 1.21 bits per heavy atom. The molecular weight excluding hydrogens is 219 g/mol. The molecule has 1 rings (SSSR count). The molecule has 0 saturated carbocycles. The van der Waals surface area contributed by atoms with Gasteiger partial charge in [0.2, 0.25) is 0 Å². The van der Waals surface area contributed by atoms with Gasteiger partial charge in [0.15, 0.2) is 6.29 Å². The van der Waals surface area contributed by atoms with Gasteiger partial charge >= 0.3 is 7.82 Å². The normalized spacial score (nSPS) is 38.9. The van der Waals surface area contributed by atoms with Crippen molar-refractivity contribution in [1.82, 2.24) is 0 Å². The largest absolute Gasteiger partial charge is 0.469 e. The molecule has 1 fully saturated rings. The van der Waals surface area contributed by atoms with Gasteiger partial charge < -0.3 is 29.8 Å². The van der Waals surface area contributed by atoms with Gasteiger partial charge in [-0.2, -0.15) is 0 Å². The highest BCUT2D eigenvalue weighted by atomic mass is 31.2. The molecular formula is C5H11O8P. The monoisotopic (exact) mass is 230 g/mol. The van der Waals surface area contributed by atoms with Crippen LogP contribution in [0.4, 0.5) is 0 Å². The Morgan fingerprint density at radius 3 is 2.14 bits per heavy atom. The first-order valence-corrected chi connectivity index (χ1v) is 5.24. The predicted molar refractivity (Wildman–Crippen MR) is 40.9 cm³/mol. The van der Waals surface area contributed by atoms with Gasteiger partial charge in [-0.05, 0) is 0 Å². The van der Waals surface area contributed by atoms with Crippen LogP contribution < -0.4 is 0 Å². The molecule has 9 heteroatoms. The number of hydrogen-bond donors (Lipinski definition) is 5. The summed E-state index contributed by atoms with van der Waals surface area (Å²) in [5, 5.41) is 27.0. The van der Waals surface area contributed by atoms with Gasteiger partial charge in [0.1, 0.15) is 18.3 Å². The second-order valence-corrected chi connectivity index (χ2v) is 4.07. The van der Waals surface area contributed by atoms with Gasteiger partial charge in [-0.25, -0.2) is 4.57 Å². The summed E-state index contributed by atoms with van der Waals surface area (Å²) in [6.45, 7) is -0.612. The lowest BCUT2D eigenvalue weighted by Crippen LogP contribution is -2.34. The van der Waals surface area contributed by atoms with E-state index in [0.29, 0.717) is 0 Å². The van der Waals surface area contributed by atoms with Gasteiger partial charge in [0.25, 0.3) is 0 Å². The van der Waals surface area contributed by atoms with E-state index in [9.17, 15) is 4.57 Å². The number of rotatable bonds is 3. The summed E-state index contributed by atoms with van der Waals surface area (Å²) >= 11 is 0. The van der Waals surface area contributed by atoms with Crippen LogP contribution in [0.1, 0.15) is 0 Å². The fourth-order valence-corrected chi connectivity index (χ4v) is 1.38. The summed E-state index contributed by atoms with van der Waals surface area (Å²) in [4.78, 5) is 16.6. The minimum atomic E-state index is -4.64. The fourth-order valence-electron chi connectivity index (χ4n) is 1.04. The Bertz CT molecular complexity index is 238. The molecule has 5 N–H and O–H groups in total. The maximum atomic E-state index is 10.3.